The molecule has 0 heterocycles. The van der Waals surface area contributed by atoms with Crippen LogP contribution in [-0.4, -0.2) is 11.2 Å². The molecule has 3 atom stereocenters. The molecule has 4 heteroatoms. The van der Waals surface area contributed by atoms with Crippen molar-refractivity contribution in [3.63, 3.8) is 0 Å². The highest BCUT2D eigenvalue weighted by Crippen LogP contribution is 2.36. The van der Waals surface area contributed by atoms with Crippen LogP contribution in [-0.2, 0) is 0 Å². The van der Waals surface area contributed by atoms with Gasteiger partial charge in [0.05, 0.1) is 0 Å². The SMILES string of the molecule is CC.CC1(NC(=O)P)CCCC(c2ccc(Br)cc2)CC1. The van der Waals surface area contributed by atoms with Gasteiger partial charge in [-0.05, 0) is 65.5 Å². The quantitative estimate of drug-likeness (QED) is 0.511. The summed E-state index contributed by atoms with van der Waals surface area (Å²) in [5, 5.41) is 3.10. The Bertz CT molecular complexity index is 449. The van der Waals surface area contributed by atoms with Gasteiger partial charge in [-0.15, -0.1) is 0 Å². The number of carbonyl (C=O) groups excluding carboxylic acids is 1. The Morgan fingerprint density at radius 3 is 2.43 bits per heavy atom. The lowest BCUT2D eigenvalue weighted by Crippen LogP contribution is -2.43. The number of benzene rings is 1. The zero-order valence-electron chi connectivity index (χ0n) is 13.3. The van der Waals surface area contributed by atoms with Crippen molar-refractivity contribution in [1.82, 2.24) is 5.32 Å². The number of hydrogen-bond acceptors (Lipinski definition) is 1. The van der Waals surface area contributed by atoms with Crippen LogP contribution in [0.2, 0.25) is 0 Å². The van der Waals surface area contributed by atoms with Gasteiger partial charge in [0.25, 0.3) is 0 Å². The lowest BCUT2D eigenvalue weighted by molar-refractivity contribution is 0.243. The van der Waals surface area contributed by atoms with Crippen molar-refractivity contribution in [2.24, 2.45) is 0 Å². The van der Waals surface area contributed by atoms with E-state index in [0.717, 1.165) is 23.7 Å². The number of amides is 1. The van der Waals surface area contributed by atoms with Gasteiger partial charge < -0.3 is 5.32 Å². The van der Waals surface area contributed by atoms with Crippen molar-refractivity contribution >= 4 is 30.8 Å². The summed E-state index contributed by atoms with van der Waals surface area (Å²) in [4.78, 5) is 11.3. The summed E-state index contributed by atoms with van der Waals surface area (Å²) in [6, 6.07) is 8.66. The van der Waals surface area contributed by atoms with Crippen molar-refractivity contribution in [1.29, 1.82) is 0 Å². The van der Waals surface area contributed by atoms with Crippen molar-refractivity contribution < 1.29 is 4.79 Å². The molecule has 1 N–H and O–H groups in total. The Labute approximate surface area is 139 Å². The van der Waals surface area contributed by atoms with Gasteiger partial charge in [0.2, 0.25) is 5.65 Å². The van der Waals surface area contributed by atoms with E-state index in [1.54, 1.807) is 0 Å². The van der Waals surface area contributed by atoms with Crippen LogP contribution >= 0.6 is 25.2 Å². The first-order valence-corrected chi connectivity index (χ1v) is 9.19. The van der Waals surface area contributed by atoms with E-state index in [-0.39, 0.29) is 11.2 Å². The van der Waals surface area contributed by atoms with Crippen molar-refractivity contribution in [3.8, 4) is 0 Å². The molecule has 0 aliphatic heterocycles. The van der Waals surface area contributed by atoms with E-state index in [9.17, 15) is 4.79 Å². The fourth-order valence-electron chi connectivity index (χ4n) is 2.99. The number of nitrogens with one attached hydrogen (secondary N) is 1. The molecule has 2 nitrogen and oxygen atoms in total. The Hall–Kier alpha value is -0.400. The van der Waals surface area contributed by atoms with Crippen LogP contribution in [0.15, 0.2) is 28.7 Å². The zero-order chi connectivity index (χ0) is 15.9. The molecular formula is C17H27BrNOP. The van der Waals surface area contributed by atoms with Crippen molar-refractivity contribution in [3.05, 3.63) is 34.3 Å². The number of hydrogen-bond donors (Lipinski definition) is 1. The van der Waals surface area contributed by atoms with Crippen LogP contribution in [0.25, 0.3) is 0 Å². The molecule has 2 rings (SSSR count). The summed E-state index contributed by atoms with van der Waals surface area (Å²) in [5.41, 5.74) is 1.39. The second kappa shape index (κ2) is 8.90. The molecule has 1 fully saturated rings. The number of halogens is 1. The Balaban J connectivity index is 0.00000106. The van der Waals surface area contributed by atoms with E-state index in [0.29, 0.717) is 5.92 Å². The summed E-state index contributed by atoms with van der Waals surface area (Å²) >= 11 is 3.48. The van der Waals surface area contributed by atoms with Crippen molar-refractivity contribution in [2.75, 3.05) is 0 Å². The van der Waals surface area contributed by atoms with E-state index in [2.05, 4.69) is 61.7 Å². The van der Waals surface area contributed by atoms with Crippen LogP contribution in [0.5, 0.6) is 0 Å². The third-order valence-corrected chi connectivity index (χ3v) is 4.77. The van der Waals surface area contributed by atoms with Gasteiger partial charge in [0, 0.05) is 10.0 Å². The molecule has 0 aromatic heterocycles. The Morgan fingerprint density at radius 2 is 1.86 bits per heavy atom. The molecule has 0 radical (unpaired) electrons. The molecule has 1 aliphatic carbocycles. The van der Waals surface area contributed by atoms with E-state index in [4.69, 9.17) is 0 Å². The van der Waals surface area contributed by atoms with Crippen LogP contribution in [0.3, 0.4) is 0 Å². The third kappa shape index (κ3) is 6.08. The largest absolute Gasteiger partial charge is 0.348 e. The number of rotatable bonds is 2. The van der Waals surface area contributed by atoms with E-state index in [1.807, 2.05) is 13.8 Å². The fraction of sp³-hybridized carbons (Fsp3) is 0.588. The molecule has 1 aromatic carbocycles. The monoisotopic (exact) mass is 371 g/mol. The highest BCUT2D eigenvalue weighted by Gasteiger charge is 2.29. The molecule has 1 saturated carbocycles. The van der Waals surface area contributed by atoms with Crippen LogP contribution in [0, 0.1) is 0 Å². The molecule has 3 unspecified atom stereocenters. The molecule has 1 aromatic rings. The topological polar surface area (TPSA) is 29.1 Å². The van der Waals surface area contributed by atoms with Gasteiger partial charge in [-0.1, -0.05) is 48.3 Å². The molecule has 0 spiro atoms. The maximum atomic E-state index is 11.3. The average Bonchev–Trinajstić information content (AvgIpc) is 2.63. The average molecular weight is 372 g/mol. The van der Waals surface area contributed by atoms with Crippen LogP contribution in [0.1, 0.15) is 64.4 Å². The summed E-state index contributed by atoms with van der Waals surface area (Å²) in [6.45, 7) is 6.17. The molecule has 0 bridgehead atoms. The first-order chi connectivity index (χ1) is 9.98. The molecule has 118 valence electrons. The Morgan fingerprint density at radius 1 is 1.24 bits per heavy atom. The lowest BCUT2D eigenvalue weighted by Gasteiger charge is -2.29. The molecular weight excluding hydrogens is 345 g/mol. The van der Waals surface area contributed by atoms with Gasteiger partial charge in [0.1, 0.15) is 0 Å². The minimum Gasteiger partial charge on any atom is -0.348 e. The summed E-state index contributed by atoms with van der Waals surface area (Å²) in [5.74, 6) is 0.622. The van der Waals surface area contributed by atoms with Gasteiger partial charge >= 0.3 is 0 Å². The van der Waals surface area contributed by atoms with Gasteiger partial charge in [-0.2, -0.15) is 0 Å². The van der Waals surface area contributed by atoms with Gasteiger partial charge in [0.15, 0.2) is 0 Å². The van der Waals surface area contributed by atoms with Gasteiger partial charge in [-0.25, -0.2) is 0 Å². The predicted molar refractivity (Wildman–Crippen MR) is 98.0 cm³/mol. The lowest BCUT2D eigenvalue weighted by atomic mass is 9.89. The minimum atomic E-state index is -0.0387. The predicted octanol–water partition coefficient (Wildman–Crippen LogP) is 5.87. The smallest absolute Gasteiger partial charge is 0.235 e. The first kappa shape index (κ1) is 18.6. The fourth-order valence-corrected chi connectivity index (χ4v) is 3.60. The summed E-state index contributed by atoms with van der Waals surface area (Å²) in [7, 11) is 2.22. The maximum Gasteiger partial charge on any atom is 0.235 e. The first-order valence-electron chi connectivity index (χ1n) is 7.82. The highest BCUT2D eigenvalue weighted by atomic mass is 79.9. The van der Waals surface area contributed by atoms with Crippen LogP contribution < -0.4 is 5.32 Å². The van der Waals surface area contributed by atoms with E-state index >= 15 is 0 Å². The molecule has 0 saturated heterocycles. The second-order valence-corrected chi connectivity index (χ2v) is 7.17. The number of carbonyl (C=O) groups is 1. The molecule has 21 heavy (non-hydrogen) atoms. The highest BCUT2D eigenvalue weighted by molar-refractivity contribution is 9.10. The standard InChI is InChI=1S/C15H21BrNOP.C2H6/c1-15(17-14(18)19)9-2-3-11(8-10-15)12-4-6-13(16)7-5-12;1-2/h4-7,11H,2-3,8-10,19H2,1H3,(H,17,18);1-2H3. The third-order valence-electron chi connectivity index (χ3n) is 4.09. The van der Waals surface area contributed by atoms with E-state index in [1.165, 1.54) is 18.4 Å². The molecule has 1 aliphatic rings. The second-order valence-electron chi connectivity index (χ2n) is 5.73. The normalized spacial score (nSPS) is 25.3. The van der Waals surface area contributed by atoms with Crippen LogP contribution in [0.4, 0.5) is 4.79 Å². The minimum absolute atomic E-state index is 0.00425. The van der Waals surface area contributed by atoms with Gasteiger partial charge in [-0.3, -0.25) is 4.79 Å². The maximum absolute atomic E-state index is 11.3. The van der Waals surface area contributed by atoms with Crippen molar-refractivity contribution in [2.45, 2.75) is 64.3 Å². The Kier molecular flexibility index (Phi) is 7.90. The van der Waals surface area contributed by atoms with E-state index < -0.39 is 0 Å². The summed E-state index contributed by atoms with van der Waals surface area (Å²) in [6.07, 6.45) is 5.64. The summed E-state index contributed by atoms with van der Waals surface area (Å²) < 4.78 is 1.13. The zero-order valence-corrected chi connectivity index (χ0v) is 16.0. The molecule has 1 amide bonds.